The van der Waals surface area contributed by atoms with Crippen LogP contribution in [0.15, 0.2) is 158 Å². The highest BCUT2D eigenvalue weighted by atomic mass is 16.6. The van der Waals surface area contributed by atoms with Crippen molar-refractivity contribution in [3.63, 3.8) is 0 Å². The fourth-order valence-corrected chi connectivity index (χ4v) is 8.67. The maximum atomic E-state index is 12.9. The van der Waals surface area contributed by atoms with Gasteiger partial charge in [0.15, 0.2) is 6.10 Å². The number of unbranched alkanes of at least 4 members (excludes halogenated alkanes) is 22. The van der Waals surface area contributed by atoms with E-state index in [2.05, 4.69) is 167 Å². The number of allylic oxidation sites excluding steroid dienone is 25. The van der Waals surface area contributed by atoms with E-state index in [1.54, 1.807) is 6.08 Å². The number of carbonyl (C=O) groups is 3. The van der Waals surface area contributed by atoms with Crippen LogP contribution in [-0.2, 0) is 28.6 Å². The molecule has 1 unspecified atom stereocenters. The Balaban J connectivity index is 4.47. The Kier molecular flexibility index (Phi) is 63.4. The number of ether oxygens (including phenoxy) is 3. The summed E-state index contributed by atoms with van der Waals surface area (Å²) >= 11 is 0. The molecular formula is C75H120O6. The predicted molar refractivity (Wildman–Crippen MR) is 352 cm³/mol. The standard InChI is InChI=1S/C75H120O6/c1-4-7-10-13-16-19-22-25-28-30-32-34-36-37-39-40-42-44-47-50-53-56-59-62-65-68-74(77)80-71-72(70-79-73(76)67-64-61-58-55-52-49-46-27-24-21-18-15-12-9-6-3)81-75(78)69-66-63-60-57-54-51-48-45-43-41-38-35-33-31-29-26-23-20-17-14-11-8-5-2/h8-9,11-12,17-18,20-22,25-27,29-30,32-33,35-37,41,43,46,52,55,61,64,72H,4-7,10,13-16,19,23-24,28,31,34,38-40,42,44-45,47-51,53-54,56-60,62-63,65-71H2,1-3H3/b11-8-,12-9-,20-17-,21-18-,25-22-,29-26-,32-30-,35-33-,37-36-,43-41-,46-27-,55-52-,64-61-. The lowest BCUT2D eigenvalue weighted by Crippen LogP contribution is -2.30. The zero-order valence-corrected chi connectivity index (χ0v) is 52.2. The lowest BCUT2D eigenvalue weighted by atomic mass is 10.1. The molecular weight excluding hydrogens is 997 g/mol. The SMILES string of the molecule is CC/C=C\C/C=C\C/C=C\C/C=C\C/C=C\CCCCCCCCCC(=O)OC(COC(=O)C/C=C\C/C=C\C/C=C\C/C=C\C/C=C\CC)COC(=O)CCCCCCCCCCCC/C=C\C/C=C\C/C=C\CCCCCCC. The highest BCUT2D eigenvalue weighted by molar-refractivity contribution is 5.72. The van der Waals surface area contributed by atoms with E-state index < -0.39 is 12.1 Å². The van der Waals surface area contributed by atoms with Crippen molar-refractivity contribution in [1.29, 1.82) is 0 Å². The molecule has 0 radical (unpaired) electrons. The largest absolute Gasteiger partial charge is 0.462 e. The van der Waals surface area contributed by atoms with Gasteiger partial charge in [0.1, 0.15) is 13.2 Å². The molecule has 0 heterocycles. The van der Waals surface area contributed by atoms with Gasteiger partial charge in [0.05, 0.1) is 6.42 Å². The van der Waals surface area contributed by atoms with Gasteiger partial charge < -0.3 is 14.2 Å². The van der Waals surface area contributed by atoms with Crippen molar-refractivity contribution in [2.45, 2.75) is 284 Å². The smallest absolute Gasteiger partial charge is 0.309 e. The minimum atomic E-state index is -0.835. The Hall–Kier alpha value is -4.97. The summed E-state index contributed by atoms with van der Waals surface area (Å²) in [6, 6.07) is 0. The number of hydrogen-bond donors (Lipinski definition) is 0. The van der Waals surface area contributed by atoms with Crippen molar-refractivity contribution in [1.82, 2.24) is 0 Å². The van der Waals surface area contributed by atoms with Crippen LogP contribution in [-0.4, -0.2) is 37.2 Å². The summed E-state index contributed by atoms with van der Waals surface area (Å²) in [6.07, 6.45) is 98.5. The van der Waals surface area contributed by atoms with Crippen molar-refractivity contribution >= 4 is 17.9 Å². The molecule has 0 bridgehead atoms. The van der Waals surface area contributed by atoms with Crippen LogP contribution in [0.25, 0.3) is 0 Å². The Morgan fingerprint density at radius 1 is 0.272 bits per heavy atom. The Bertz CT molecular complexity index is 1810. The molecule has 0 fully saturated rings. The molecule has 0 aromatic heterocycles. The molecule has 0 saturated heterocycles. The van der Waals surface area contributed by atoms with Crippen LogP contribution in [0.1, 0.15) is 278 Å². The summed E-state index contributed by atoms with van der Waals surface area (Å²) in [5.74, 6) is -1.07. The minimum absolute atomic E-state index is 0.117. The van der Waals surface area contributed by atoms with Gasteiger partial charge in [-0.3, -0.25) is 14.4 Å². The molecule has 81 heavy (non-hydrogen) atoms. The van der Waals surface area contributed by atoms with Crippen LogP contribution in [0.3, 0.4) is 0 Å². The van der Waals surface area contributed by atoms with Crippen LogP contribution in [0.5, 0.6) is 0 Å². The molecule has 0 spiro atoms. The molecule has 0 aromatic rings. The predicted octanol–water partition coefficient (Wildman–Crippen LogP) is 22.9. The van der Waals surface area contributed by atoms with Crippen LogP contribution < -0.4 is 0 Å². The van der Waals surface area contributed by atoms with Gasteiger partial charge in [-0.25, -0.2) is 0 Å². The third kappa shape index (κ3) is 65.7. The van der Waals surface area contributed by atoms with E-state index in [-0.39, 0.29) is 38.0 Å². The quantitative estimate of drug-likeness (QED) is 0.0261. The van der Waals surface area contributed by atoms with Gasteiger partial charge in [0.2, 0.25) is 0 Å². The van der Waals surface area contributed by atoms with Crippen molar-refractivity contribution in [2.24, 2.45) is 0 Å². The van der Waals surface area contributed by atoms with Gasteiger partial charge in [0, 0.05) is 12.8 Å². The van der Waals surface area contributed by atoms with Crippen LogP contribution in [0.2, 0.25) is 0 Å². The van der Waals surface area contributed by atoms with Crippen LogP contribution in [0.4, 0.5) is 0 Å². The van der Waals surface area contributed by atoms with Gasteiger partial charge in [-0.15, -0.1) is 0 Å². The van der Waals surface area contributed by atoms with E-state index in [9.17, 15) is 14.4 Å². The maximum Gasteiger partial charge on any atom is 0.309 e. The molecule has 0 amide bonds. The molecule has 6 heteroatoms. The van der Waals surface area contributed by atoms with Gasteiger partial charge in [-0.1, -0.05) is 288 Å². The first-order valence-corrected chi connectivity index (χ1v) is 33.0. The van der Waals surface area contributed by atoms with Crippen LogP contribution in [0, 0.1) is 0 Å². The lowest BCUT2D eigenvalue weighted by Gasteiger charge is -2.18. The first-order chi connectivity index (χ1) is 40.0. The van der Waals surface area contributed by atoms with Gasteiger partial charge in [-0.2, -0.15) is 0 Å². The zero-order chi connectivity index (χ0) is 58.5. The van der Waals surface area contributed by atoms with Crippen molar-refractivity contribution in [3.05, 3.63) is 158 Å². The monoisotopic (exact) mass is 1120 g/mol. The first kappa shape index (κ1) is 76.0. The normalized spacial score (nSPS) is 13.2. The molecule has 456 valence electrons. The highest BCUT2D eigenvalue weighted by Gasteiger charge is 2.19. The second-order valence-corrected chi connectivity index (χ2v) is 21.3. The van der Waals surface area contributed by atoms with Crippen molar-refractivity contribution in [2.75, 3.05) is 13.2 Å². The molecule has 0 aliphatic carbocycles. The molecule has 0 aromatic carbocycles. The van der Waals surface area contributed by atoms with E-state index in [1.807, 2.05) is 6.08 Å². The van der Waals surface area contributed by atoms with Crippen molar-refractivity contribution < 1.29 is 28.6 Å². The Morgan fingerprint density at radius 3 is 0.864 bits per heavy atom. The van der Waals surface area contributed by atoms with E-state index in [0.29, 0.717) is 6.42 Å². The van der Waals surface area contributed by atoms with Gasteiger partial charge in [-0.05, 0) is 128 Å². The second kappa shape index (κ2) is 67.5. The average molecular weight is 1120 g/mol. The summed E-state index contributed by atoms with van der Waals surface area (Å²) in [5, 5.41) is 0. The fourth-order valence-electron chi connectivity index (χ4n) is 8.67. The molecule has 0 aliphatic heterocycles. The second-order valence-electron chi connectivity index (χ2n) is 21.3. The minimum Gasteiger partial charge on any atom is -0.462 e. The number of esters is 3. The lowest BCUT2D eigenvalue weighted by molar-refractivity contribution is -0.166. The summed E-state index contributed by atoms with van der Waals surface area (Å²) in [4.78, 5) is 38.3. The van der Waals surface area contributed by atoms with Crippen LogP contribution >= 0.6 is 0 Å². The fraction of sp³-hybridized carbons (Fsp3) is 0.613. The molecule has 0 aliphatic rings. The van der Waals surface area contributed by atoms with E-state index in [4.69, 9.17) is 14.2 Å². The topological polar surface area (TPSA) is 78.9 Å². The summed E-state index contributed by atoms with van der Waals surface area (Å²) in [6.45, 7) is 6.30. The Labute approximate surface area is 499 Å². The summed E-state index contributed by atoms with van der Waals surface area (Å²) in [7, 11) is 0. The summed E-state index contributed by atoms with van der Waals surface area (Å²) in [5.41, 5.74) is 0. The molecule has 0 rings (SSSR count). The third-order valence-electron chi connectivity index (χ3n) is 13.5. The number of rotatable bonds is 58. The molecule has 1 atom stereocenters. The Morgan fingerprint density at radius 2 is 0.531 bits per heavy atom. The maximum absolute atomic E-state index is 12.9. The molecule has 0 N–H and O–H groups in total. The average Bonchev–Trinajstić information content (AvgIpc) is 3.47. The van der Waals surface area contributed by atoms with Crippen molar-refractivity contribution in [3.8, 4) is 0 Å². The highest BCUT2D eigenvalue weighted by Crippen LogP contribution is 2.15. The summed E-state index contributed by atoms with van der Waals surface area (Å²) < 4.78 is 16.8. The first-order valence-electron chi connectivity index (χ1n) is 33.0. The number of carbonyl (C=O) groups excluding carboxylic acids is 3. The third-order valence-corrected chi connectivity index (χ3v) is 13.5. The van der Waals surface area contributed by atoms with Gasteiger partial charge >= 0.3 is 17.9 Å². The molecule has 0 saturated carbocycles. The zero-order valence-electron chi connectivity index (χ0n) is 52.2. The van der Waals surface area contributed by atoms with E-state index in [1.165, 1.54) is 109 Å². The van der Waals surface area contributed by atoms with E-state index in [0.717, 1.165) is 128 Å². The van der Waals surface area contributed by atoms with E-state index >= 15 is 0 Å². The van der Waals surface area contributed by atoms with Gasteiger partial charge in [0.25, 0.3) is 0 Å². The number of hydrogen-bond acceptors (Lipinski definition) is 6. The molecule has 6 nitrogen and oxygen atoms in total.